The normalized spacial score (nSPS) is 12.1. The van der Waals surface area contributed by atoms with Gasteiger partial charge in [0.25, 0.3) is 5.56 Å². The summed E-state index contributed by atoms with van der Waals surface area (Å²) in [4.78, 5) is 14.3. The number of benzene rings is 10. The van der Waals surface area contributed by atoms with Crippen molar-refractivity contribution in [2.45, 2.75) is 0 Å². The van der Waals surface area contributed by atoms with E-state index in [9.17, 15) is 4.79 Å². The Bertz CT molecular complexity index is 4310. The molecule has 0 unspecified atom stereocenters. The second-order valence-electron chi connectivity index (χ2n) is 17.3. The average molecular weight is 828 g/mol. The van der Waals surface area contributed by atoms with E-state index in [4.69, 9.17) is 0 Å². The van der Waals surface area contributed by atoms with E-state index >= 15 is 0 Å². The van der Waals surface area contributed by atoms with Crippen LogP contribution in [0.2, 0.25) is 0 Å². The molecule has 4 heteroatoms. The van der Waals surface area contributed by atoms with Crippen molar-refractivity contribution in [3.8, 4) is 44.8 Å². The summed E-state index contributed by atoms with van der Waals surface area (Å²) in [6.45, 7) is 0. The van der Waals surface area contributed by atoms with E-state index < -0.39 is 0 Å². The molecule has 4 aromatic heterocycles. The van der Waals surface area contributed by atoms with Gasteiger partial charge in [-0.05, 0) is 130 Å². The van der Waals surface area contributed by atoms with Crippen LogP contribution in [0.1, 0.15) is 0 Å². The number of nitrogens with zero attached hydrogens (tertiary/aromatic N) is 3. The van der Waals surface area contributed by atoms with Crippen molar-refractivity contribution in [3.05, 3.63) is 235 Å². The van der Waals surface area contributed by atoms with Gasteiger partial charge in [-0.25, -0.2) is 0 Å². The van der Waals surface area contributed by atoms with Crippen molar-refractivity contribution in [3.63, 3.8) is 0 Å². The van der Waals surface area contributed by atoms with Crippen LogP contribution >= 0.6 is 0 Å². The highest BCUT2D eigenvalue weighted by atomic mass is 16.1. The van der Waals surface area contributed by atoms with Crippen molar-refractivity contribution in [1.29, 1.82) is 0 Å². The minimum atomic E-state index is 0.0149. The molecule has 0 amide bonds. The Morgan fingerprint density at radius 3 is 1.29 bits per heavy atom. The smallest absolute Gasteiger partial charge is 0.263 e. The van der Waals surface area contributed by atoms with Gasteiger partial charge < -0.3 is 9.13 Å². The van der Waals surface area contributed by atoms with Crippen molar-refractivity contribution >= 4 is 81.6 Å². The number of hydrogen-bond acceptors (Lipinski definition) is 1. The van der Waals surface area contributed by atoms with Gasteiger partial charge in [-0.2, -0.15) is 0 Å². The van der Waals surface area contributed by atoms with Crippen LogP contribution < -0.4 is 5.56 Å². The number of hydrogen-bond donors (Lipinski definition) is 0. The molecule has 0 fully saturated rings. The molecule has 0 atom stereocenters. The lowest BCUT2D eigenvalue weighted by atomic mass is 9.97. The molecule has 0 aliphatic carbocycles. The summed E-state index contributed by atoms with van der Waals surface area (Å²) in [6, 6.07) is 80.4. The highest BCUT2D eigenvalue weighted by Crippen LogP contribution is 2.42. The Balaban J connectivity index is 0.919. The van der Waals surface area contributed by atoms with Crippen LogP contribution in [0.25, 0.3) is 126 Å². The molecule has 302 valence electrons. The summed E-state index contributed by atoms with van der Waals surface area (Å²) in [6.07, 6.45) is 0. The SMILES string of the molecule is O=c1c2ccccc2c2cc(-c3ccccc3)cc3c4cc(-c5cccc(-n6c7ccccc7c7cc(-c8ccc9c(c8)c8ccccc8n9-c8ccccc8)ccc76)c5)ccc4n1c23. The van der Waals surface area contributed by atoms with Crippen molar-refractivity contribution in [1.82, 2.24) is 13.5 Å². The lowest BCUT2D eigenvalue weighted by Gasteiger charge is -2.11. The maximum atomic E-state index is 14.3. The molecule has 10 aromatic carbocycles. The van der Waals surface area contributed by atoms with E-state index in [0.29, 0.717) is 0 Å². The highest BCUT2D eigenvalue weighted by molar-refractivity contribution is 6.22. The van der Waals surface area contributed by atoms with Gasteiger partial charge in [0.05, 0.1) is 33.1 Å². The van der Waals surface area contributed by atoms with E-state index in [1.54, 1.807) is 0 Å². The van der Waals surface area contributed by atoms with Crippen LogP contribution in [0.15, 0.2) is 229 Å². The molecule has 65 heavy (non-hydrogen) atoms. The Hall–Kier alpha value is -8.73. The average Bonchev–Trinajstić information content (AvgIpc) is 4.01. The minimum absolute atomic E-state index is 0.0149. The summed E-state index contributed by atoms with van der Waals surface area (Å²) in [7, 11) is 0. The summed E-state index contributed by atoms with van der Waals surface area (Å²) in [5.74, 6) is 0. The van der Waals surface area contributed by atoms with Crippen LogP contribution in [0.3, 0.4) is 0 Å². The number of pyridine rings is 1. The third-order valence-electron chi connectivity index (χ3n) is 13.7. The number of aromatic nitrogens is 3. The van der Waals surface area contributed by atoms with Crippen LogP contribution in [-0.2, 0) is 0 Å². The quantitative estimate of drug-likeness (QED) is 0.159. The fraction of sp³-hybridized carbons (Fsp3) is 0. The number of fused-ring (bicyclic) bond motifs is 11. The Labute approximate surface area is 373 Å². The predicted octanol–water partition coefficient (Wildman–Crippen LogP) is 15.4. The van der Waals surface area contributed by atoms with Gasteiger partial charge in [-0.1, -0.05) is 133 Å². The zero-order chi connectivity index (χ0) is 42.8. The first kappa shape index (κ1) is 35.8. The van der Waals surface area contributed by atoms with E-state index in [1.165, 1.54) is 43.7 Å². The highest BCUT2D eigenvalue weighted by Gasteiger charge is 2.21. The van der Waals surface area contributed by atoms with E-state index in [2.05, 4.69) is 215 Å². The van der Waals surface area contributed by atoms with Crippen molar-refractivity contribution in [2.24, 2.45) is 0 Å². The molecule has 0 saturated heterocycles. The van der Waals surface area contributed by atoms with E-state index in [0.717, 1.165) is 82.6 Å². The fourth-order valence-electron chi connectivity index (χ4n) is 10.8. The zero-order valence-electron chi connectivity index (χ0n) is 35.1. The second-order valence-corrected chi connectivity index (χ2v) is 17.3. The van der Waals surface area contributed by atoms with E-state index in [-0.39, 0.29) is 5.56 Å². The lowest BCUT2D eigenvalue weighted by molar-refractivity contribution is 1.18. The minimum Gasteiger partial charge on any atom is -0.309 e. The van der Waals surface area contributed by atoms with Crippen LogP contribution in [0, 0.1) is 0 Å². The first-order valence-electron chi connectivity index (χ1n) is 22.2. The first-order valence-corrected chi connectivity index (χ1v) is 22.2. The van der Waals surface area contributed by atoms with Crippen molar-refractivity contribution < 1.29 is 0 Å². The Morgan fingerprint density at radius 2 is 0.662 bits per heavy atom. The fourth-order valence-corrected chi connectivity index (χ4v) is 10.8. The van der Waals surface area contributed by atoms with Crippen LogP contribution in [0.5, 0.6) is 0 Å². The molecular formula is C61H37N3O. The van der Waals surface area contributed by atoms with Crippen molar-refractivity contribution in [2.75, 3.05) is 0 Å². The standard InChI is InChI=1S/C61H37N3O/c65-61-49-23-8-7-20-46(49)53-36-43(38-14-3-1-4-15-38)37-54-52-35-40(28-31-59(52)64(61)60(53)54)39-16-13-19-45(32-39)63-56-25-12-10-22-48(56)51-34-42(27-30-58(51)63)41-26-29-57-50(33-41)47-21-9-11-24-55(47)62(57)44-17-5-2-6-18-44/h1-37H. The third-order valence-corrected chi connectivity index (χ3v) is 13.7. The molecular weight excluding hydrogens is 791 g/mol. The van der Waals surface area contributed by atoms with Crippen LogP contribution in [0.4, 0.5) is 0 Å². The molecule has 0 aliphatic rings. The number of para-hydroxylation sites is 3. The molecule has 14 aromatic rings. The second kappa shape index (κ2) is 13.6. The van der Waals surface area contributed by atoms with Gasteiger partial charge in [0, 0.05) is 54.5 Å². The Morgan fingerprint density at radius 1 is 0.246 bits per heavy atom. The van der Waals surface area contributed by atoms with E-state index in [1.807, 2.05) is 22.6 Å². The maximum absolute atomic E-state index is 14.3. The molecule has 4 nitrogen and oxygen atoms in total. The summed E-state index contributed by atoms with van der Waals surface area (Å²) < 4.78 is 6.70. The third kappa shape index (κ3) is 5.22. The maximum Gasteiger partial charge on any atom is 0.263 e. The largest absolute Gasteiger partial charge is 0.309 e. The predicted molar refractivity (Wildman–Crippen MR) is 272 cm³/mol. The molecule has 0 bridgehead atoms. The molecule has 14 rings (SSSR count). The summed E-state index contributed by atoms with van der Waals surface area (Å²) in [5.41, 5.74) is 15.7. The molecule has 0 spiro atoms. The van der Waals surface area contributed by atoms with Crippen LogP contribution in [-0.4, -0.2) is 13.5 Å². The van der Waals surface area contributed by atoms with Gasteiger partial charge in [0.2, 0.25) is 0 Å². The summed E-state index contributed by atoms with van der Waals surface area (Å²) >= 11 is 0. The number of rotatable bonds is 5. The molecule has 0 radical (unpaired) electrons. The molecule has 0 aliphatic heterocycles. The molecule has 0 saturated carbocycles. The molecule has 0 N–H and O–H groups in total. The Kier molecular flexibility index (Phi) is 7.51. The topological polar surface area (TPSA) is 31.3 Å². The first-order chi connectivity index (χ1) is 32.2. The van der Waals surface area contributed by atoms with Gasteiger partial charge in [0.1, 0.15) is 0 Å². The van der Waals surface area contributed by atoms with Gasteiger partial charge in [0.15, 0.2) is 0 Å². The lowest BCUT2D eigenvalue weighted by Crippen LogP contribution is -2.12. The molecule has 4 heterocycles. The van der Waals surface area contributed by atoms with Gasteiger partial charge in [-0.3, -0.25) is 9.20 Å². The monoisotopic (exact) mass is 827 g/mol. The zero-order valence-corrected chi connectivity index (χ0v) is 35.1. The van der Waals surface area contributed by atoms with Gasteiger partial charge in [-0.15, -0.1) is 0 Å². The van der Waals surface area contributed by atoms with Gasteiger partial charge >= 0.3 is 0 Å². The summed E-state index contributed by atoms with van der Waals surface area (Å²) in [5, 5.41) is 9.86.